The molecule has 124 valence electrons. The average Bonchev–Trinajstić information content (AvgIpc) is 2.80. The van der Waals surface area contributed by atoms with Crippen molar-refractivity contribution >= 4 is 34.8 Å². The summed E-state index contributed by atoms with van der Waals surface area (Å²) in [6.07, 6.45) is 0.766. The number of ether oxygens (including phenoxy) is 2. The predicted molar refractivity (Wildman–Crippen MR) is 92.3 cm³/mol. The van der Waals surface area contributed by atoms with E-state index < -0.39 is 5.79 Å². The van der Waals surface area contributed by atoms with Gasteiger partial charge >= 0.3 is 0 Å². The smallest absolute Gasteiger partial charge is 0.292 e. The first-order valence-corrected chi connectivity index (χ1v) is 8.50. The van der Waals surface area contributed by atoms with Crippen LogP contribution < -0.4 is 4.90 Å². The lowest BCUT2D eigenvalue weighted by molar-refractivity contribution is -0.256. The molecule has 2 aromatic rings. The van der Waals surface area contributed by atoms with Gasteiger partial charge in [-0.15, -0.1) is 0 Å². The maximum absolute atomic E-state index is 13.1. The van der Waals surface area contributed by atoms with Gasteiger partial charge in [0, 0.05) is 15.6 Å². The van der Waals surface area contributed by atoms with Crippen LogP contribution in [0.5, 0.6) is 0 Å². The molecule has 24 heavy (non-hydrogen) atoms. The number of rotatable bonds is 2. The highest BCUT2D eigenvalue weighted by Crippen LogP contribution is 2.46. The number of nitrogens with zero attached hydrogens (tertiary/aromatic N) is 1. The van der Waals surface area contributed by atoms with Crippen molar-refractivity contribution in [1.82, 2.24) is 0 Å². The molecule has 2 heterocycles. The first-order valence-electron chi connectivity index (χ1n) is 7.74. The largest absolute Gasteiger partial charge is 0.338 e. The third-order valence-corrected chi connectivity index (χ3v) is 4.77. The molecule has 1 saturated heterocycles. The number of halogens is 2. The van der Waals surface area contributed by atoms with Gasteiger partial charge in [-0.25, -0.2) is 0 Å². The highest BCUT2D eigenvalue weighted by molar-refractivity contribution is 6.31. The number of benzene rings is 2. The number of carbonyl (C=O) groups excluding carboxylic acids is 1. The molecule has 2 aliphatic heterocycles. The van der Waals surface area contributed by atoms with Gasteiger partial charge in [-0.1, -0.05) is 35.3 Å². The van der Waals surface area contributed by atoms with Crippen LogP contribution in [0.3, 0.4) is 0 Å². The molecule has 0 atom stereocenters. The minimum Gasteiger partial charge on any atom is -0.338 e. The van der Waals surface area contributed by atoms with Crippen LogP contribution in [0.25, 0.3) is 0 Å². The number of amides is 1. The van der Waals surface area contributed by atoms with Gasteiger partial charge in [0.25, 0.3) is 11.7 Å². The summed E-state index contributed by atoms with van der Waals surface area (Å²) < 4.78 is 11.6. The number of hydrogen-bond donors (Lipinski definition) is 0. The van der Waals surface area contributed by atoms with Crippen LogP contribution in [0.1, 0.15) is 17.5 Å². The lowest BCUT2D eigenvalue weighted by Crippen LogP contribution is -2.47. The molecule has 4 rings (SSSR count). The van der Waals surface area contributed by atoms with E-state index in [0.29, 0.717) is 35.4 Å². The maximum Gasteiger partial charge on any atom is 0.292 e. The Kier molecular flexibility index (Phi) is 4.01. The number of anilines is 1. The van der Waals surface area contributed by atoms with Gasteiger partial charge in [-0.2, -0.15) is 0 Å². The van der Waals surface area contributed by atoms with Gasteiger partial charge in [-0.05, 0) is 42.3 Å². The molecular weight excluding hydrogens is 349 g/mol. The highest BCUT2D eigenvalue weighted by Gasteiger charge is 2.54. The third-order valence-electron chi connectivity index (χ3n) is 4.28. The molecule has 1 amide bonds. The zero-order valence-corrected chi connectivity index (χ0v) is 14.3. The number of carbonyl (C=O) groups is 1. The molecular formula is C18H15Cl2NO3. The van der Waals surface area contributed by atoms with Crippen molar-refractivity contribution in [3.05, 3.63) is 63.6 Å². The molecule has 6 heteroatoms. The molecule has 0 aliphatic carbocycles. The average molecular weight is 364 g/mol. The summed E-state index contributed by atoms with van der Waals surface area (Å²) in [6, 6.07) is 12.8. The van der Waals surface area contributed by atoms with E-state index in [4.69, 9.17) is 32.7 Å². The summed E-state index contributed by atoms with van der Waals surface area (Å²) in [5.41, 5.74) is 2.41. The summed E-state index contributed by atoms with van der Waals surface area (Å²) in [4.78, 5) is 14.8. The fourth-order valence-corrected chi connectivity index (χ4v) is 3.45. The lowest BCUT2D eigenvalue weighted by Gasteiger charge is -2.32. The van der Waals surface area contributed by atoms with Crippen LogP contribution in [0.4, 0.5) is 5.69 Å². The quantitative estimate of drug-likeness (QED) is 0.804. The molecule has 0 radical (unpaired) electrons. The number of fused-ring (bicyclic) bond motifs is 2. The second-order valence-corrected chi connectivity index (χ2v) is 6.72. The Morgan fingerprint density at radius 1 is 1.00 bits per heavy atom. The van der Waals surface area contributed by atoms with Crippen molar-refractivity contribution in [1.29, 1.82) is 0 Å². The Labute approximate surface area is 149 Å². The van der Waals surface area contributed by atoms with Gasteiger partial charge in [0.1, 0.15) is 0 Å². The molecule has 0 N–H and O–H groups in total. The fraction of sp³-hybridized carbons (Fsp3) is 0.278. The van der Waals surface area contributed by atoms with Crippen molar-refractivity contribution in [3.63, 3.8) is 0 Å². The van der Waals surface area contributed by atoms with Gasteiger partial charge < -0.3 is 14.4 Å². The van der Waals surface area contributed by atoms with E-state index in [1.807, 2.05) is 30.3 Å². The standard InChI is InChI=1S/C18H15Cl2NO3/c19-13-4-2-12(3-5-13)11-21-16-7-6-14(20)10-15(16)18(17(21)22)23-8-1-9-24-18/h2-7,10H,1,8-9,11H2. The normalized spacial score (nSPS) is 18.9. The van der Waals surface area contributed by atoms with E-state index in [1.54, 1.807) is 17.0 Å². The Balaban J connectivity index is 1.76. The Bertz CT molecular complexity index is 785. The van der Waals surface area contributed by atoms with Crippen LogP contribution >= 0.6 is 23.2 Å². The Morgan fingerprint density at radius 3 is 2.38 bits per heavy atom. The molecule has 2 aromatic carbocycles. The summed E-state index contributed by atoms with van der Waals surface area (Å²) >= 11 is 12.1. The minimum atomic E-state index is -1.37. The van der Waals surface area contributed by atoms with Crippen molar-refractivity contribution in [2.45, 2.75) is 18.8 Å². The Morgan fingerprint density at radius 2 is 1.67 bits per heavy atom. The molecule has 0 aromatic heterocycles. The first-order chi connectivity index (χ1) is 11.6. The van der Waals surface area contributed by atoms with E-state index in [9.17, 15) is 4.79 Å². The van der Waals surface area contributed by atoms with E-state index >= 15 is 0 Å². The fourth-order valence-electron chi connectivity index (χ4n) is 3.15. The van der Waals surface area contributed by atoms with Gasteiger partial charge in [0.05, 0.1) is 25.4 Å². The summed E-state index contributed by atoms with van der Waals surface area (Å²) in [6.45, 7) is 1.37. The maximum atomic E-state index is 13.1. The zero-order valence-electron chi connectivity index (χ0n) is 12.8. The van der Waals surface area contributed by atoms with Gasteiger partial charge in [-0.3, -0.25) is 4.79 Å². The topological polar surface area (TPSA) is 38.8 Å². The molecule has 0 bridgehead atoms. The van der Waals surface area contributed by atoms with Gasteiger partial charge in [0.15, 0.2) is 0 Å². The molecule has 1 spiro atoms. The molecule has 4 nitrogen and oxygen atoms in total. The minimum absolute atomic E-state index is 0.214. The van der Waals surface area contributed by atoms with Crippen molar-refractivity contribution < 1.29 is 14.3 Å². The van der Waals surface area contributed by atoms with Crippen LogP contribution in [-0.2, 0) is 26.6 Å². The monoisotopic (exact) mass is 363 g/mol. The summed E-state index contributed by atoms with van der Waals surface area (Å²) in [5, 5.41) is 1.21. The van der Waals surface area contributed by atoms with Crippen molar-refractivity contribution in [3.8, 4) is 0 Å². The first kappa shape index (κ1) is 15.9. The summed E-state index contributed by atoms with van der Waals surface area (Å²) in [5.74, 6) is -1.58. The van der Waals surface area contributed by atoms with E-state index in [2.05, 4.69) is 0 Å². The molecule has 0 saturated carbocycles. The molecule has 0 unspecified atom stereocenters. The zero-order chi connectivity index (χ0) is 16.7. The van der Waals surface area contributed by atoms with E-state index in [0.717, 1.165) is 17.7 Å². The van der Waals surface area contributed by atoms with Crippen LogP contribution in [0, 0.1) is 0 Å². The van der Waals surface area contributed by atoms with Gasteiger partial charge in [0.2, 0.25) is 0 Å². The Hall–Kier alpha value is -1.59. The van der Waals surface area contributed by atoms with E-state index in [1.165, 1.54) is 0 Å². The second kappa shape index (κ2) is 6.05. The van der Waals surface area contributed by atoms with Crippen LogP contribution in [0.15, 0.2) is 42.5 Å². The van der Waals surface area contributed by atoms with E-state index in [-0.39, 0.29) is 5.91 Å². The SMILES string of the molecule is O=C1N(Cc2ccc(Cl)cc2)c2ccc(Cl)cc2C12OCCCO2. The van der Waals surface area contributed by atoms with Crippen molar-refractivity contribution in [2.75, 3.05) is 18.1 Å². The molecule has 1 fully saturated rings. The lowest BCUT2D eigenvalue weighted by atomic mass is 10.1. The second-order valence-electron chi connectivity index (χ2n) is 5.85. The number of hydrogen-bond acceptors (Lipinski definition) is 3. The predicted octanol–water partition coefficient (Wildman–Crippen LogP) is 4.13. The summed E-state index contributed by atoms with van der Waals surface area (Å²) in [7, 11) is 0. The molecule has 2 aliphatic rings. The van der Waals surface area contributed by atoms with Crippen LogP contribution in [-0.4, -0.2) is 19.1 Å². The third kappa shape index (κ3) is 2.50. The van der Waals surface area contributed by atoms with Crippen molar-refractivity contribution in [2.24, 2.45) is 0 Å². The van der Waals surface area contributed by atoms with Crippen LogP contribution in [0.2, 0.25) is 10.0 Å². The highest BCUT2D eigenvalue weighted by atomic mass is 35.5.